The van der Waals surface area contributed by atoms with Crippen LogP contribution in [-0.4, -0.2) is 51.4 Å². The molecule has 1 aliphatic rings. The Morgan fingerprint density at radius 2 is 1.86 bits per heavy atom. The molecule has 1 amide bonds. The summed E-state index contributed by atoms with van der Waals surface area (Å²) in [5.41, 5.74) is 2.21. The van der Waals surface area contributed by atoms with E-state index in [2.05, 4.69) is 9.62 Å². The lowest BCUT2D eigenvalue weighted by molar-refractivity contribution is -0.134. The van der Waals surface area contributed by atoms with Gasteiger partial charge in [0, 0.05) is 36.9 Å². The van der Waals surface area contributed by atoms with Gasteiger partial charge in [0.1, 0.15) is 10.3 Å². The van der Waals surface area contributed by atoms with Gasteiger partial charge in [-0.1, -0.05) is 37.6 Å². The van der Waals surface area contributed by atoms with E-state index in [1.807, 2.05) is 39.0 Å². The Balaban J connectivity index is 1.68. The summed E-state index contributed by atoms with van der Waals surface area (Å²) in [5.74, 6) is -0.340. The summed E-state index contributed by atoms with van der Waals surface area (Å²) in [5, 5.41) is 2.39. The number of hydrogen-bond acceptors (Lipinski definition) is 5. The van der Waals surface area contributed by atoms with Crippen LogP contribution < -0.4 is 9.62 Å². The summed E-state index contributed by atoms with van der Waals surface area (Å²) in [7, 11) is -3.71. The molecule has 0 radical (unpaired) electrons. The highest BCUT2D eigenvalue weighted by Gasteiger charge is 2.33. The molecule has 1 fully saturated rings. The summed E-state index contributed by atoms with van der Waals surface area (Å²) in [6, 6.07) is 8.24. The Morgan fingerprint density at radius 1 is 1.17 bits per heavy atom. The molecule has 1 atom stereocenters. The van der Waals surface area contributed by atoms with Crippen LogP contribution in [0.2, 0.25) is 5.02 Å². The van der Waals surface area contributed by atoms with Crippen LogP contribution in [0.25, 0.3) is 0 Å². The number of benzene rings is 1. The second-order valence-corrected chi connectivity index (χ2v) is 10.8. The largest absolute Gasteiger partial charge is 0.368 e. The molecule has 158 valence electrons. The fourth-order valence-corrected chi connectivity index (χ4v) is 5.91. The highest BCUT2D eigenvalue weighted by atomic mass is 35.5. The summed E-state index contributed by atoms with van der Waals surface area (Å²) in [6.45, 7) is 8.17. The Hall–Kier alpha value is -1.61. The highest BCUT2D eigenvalue weighted by Crippen LogP contribution is 2.26. The SMILES string of the molecule is Cc1ccc(Cl)cc1N1CCN(C(=O)[C@@H](NS(=O)(=O)c2cccs2)C(C)C)CC1. The first kappa shape index (κ1) is 22.1. The zero-order chi connectivity index (χ0) is 21.2. The number of aryl methyl sites for hydroxylation is 1. The molecule has 0 saturated carbocycles. The fraction of sp³-hybridized carbons (Fsp3) is 0.450. The van der Waals surface area contributed by atoms with Crippen molar-refractivity contribution in [2.75, 3.05) is 31.1 Å². The molecule has 2 aromatic rings. The molecule has 1 saturated heterocycles. The maximum Gasteiger partial charge on any atom is 0.250 e. The van der Waals surface area contributed by atoms with E-state index in [-0.39, 0.29) is 16.0 Å². The molecule has 3 rings (SSSR count). The maximum absolute atomic E-state index is 13.1. The van der Waals surface area contributed by atoms with E-state index in [1.54, 1.807) is 22.4 Å². The monoisotopic (exact) mass is 455 g/mol. The van der Waals surface area contributed by atoms with Gasteiger partial charge in [-0.25, -0.2) is 8.42 Å². The van der Waals surface area contributed by atoms with Crippen LogP contribution in [0.5, 0.6) is 0 Å². The van der Waals surface area contributed by atoms with Crippen molar-refractivity contribution in [3.63, 3.8) is 0 Å². The molecule has 1 N–H and O–H groups in total. The van der Waals surface area contributed by atoms with Crippen LogP contribution in [0, 0.1) is 12.8 Å². The van der Waals surface area contributed by atoms with Crippen molar-refractivity contribution in [3.8, 4) is 0 Å². The number of thiophene rings is 1. The van der Waals surface area contributed by atoms with Gasteiger partial charge in [0.25, 0.3) is 10.0 Å². The van der Waals surface area contributed by atoms with Crippen molar-refractivity contribution in [2.45, 2.75) is 31.0 Å². The fourth-order valence-electron chi connectivity index (χ4n) is 3.40. The third-order valence-electron chi connectivity index (χ3n) is 5.08. The molecular formula is C20H26ClN3O3S2. The lowest BCUT2D eigenvalue weighted by atomic mass is 10.0. The predicted octanol–water partition coefficient (Wildman–Crippen LogP) is 3.36. The van der Waals surface area contributed by atoms with E-state index in [4.69, 9.17) is 11.6 Å². The van der Waals surface area contributed by atoms with Crippen LogP contribution in [0.1, 0.15) is 19.4 Å². The molecule has 0 spiro atoms. The zero-order valence-corrected chi connectivity index (χ0v) is 19.1. The second-order valence-electron chi connectivity index (χ2n) is 7.52. The minimum absolute atomic E-state index is 0.162. The average molecular weight is 456 g/mol. The van der Waals surface area contributed by atoms with Gasteiger partial charge in [-0.05, 0) is 42.0 Å². The van der Waals surface area contributed by atoms with Crippen molar-refractivity contribution in [1.82, 2.24) is 9.62 Å². The molecule has 2 heterocycles. The lowest BCUT2D eigenvalue weighted by Gasteiger charge is -2.38. The van der Waals surface area contributed by atoms with Gasteiger partial charge in [0.15, 0.2) is 0 Å². The number of rotatable bonds is 6. The minimum Gasteiger partial charge on any atom is -0.368 e. The topological polar surface area (TPSA) is 69.7 Å². The number of anilines is 1. The quantitative estimate of drug-likeness (QED) is 0.725. The lowest BCUT2D eigenvalue weighted by Crippen LogP contribution is -2.56. The molecule has 0 bridgehead atoms. The van der Waals surface area contributed by atoms with Crippen LogP contribution in [0.4, 0.5) is 5.69 Å². The number of amides is 1. The number of carbonyl (C=O) groups is 1. The van der Waals surface area contributed by atoms with Crippen LogP contribution in [0.15, 0.2) is 39.9 Å². The predicted molar refractivity (Wildman–Crippen MR) is 118 cm³/mol. The van der Waals surface area contributed by atoms with Gasteiger partial charge in [-0.15, -0.1) is 11.3 Å². The number of carbonyl (C=O) groups excluding carboxylic acids is 1. The van der Waals surface area contributed by atoms with Gasteiger partial charge in [-0.3, -0.25) is 4.79 Å². The number of halogens is 1. The van der Waals surface area contributed by atoms with E-state index in [0.717, 1.165) is 22.6 Å². The second kappa shape index (κ2) is 9.04. The van der Waals surface area contributed by atoms with Gasteiger partial charge in [0.05, 0.1) is 0 Å². The number of hydrogen-bond donors (Lipinski definition) is 1. The van der Waals surface area contributed by atoms with Crippen molar-refractivity contribution in [1.29, 1.82) is 0 Å². The molecule has 29 heavy (non-hydrogen) atoms. The first-order valence-corrected chi connectivity index (χ1v) is 12.3. The molecule has 0 aliphatic carbocycles. The third kappa shape index (κ3) is 5.12. The standard InChI is InChI=1S/C20H26ClN3O3S2/c1-14(2)19(22-29(26,27)18-5-4-12-28-18)20(25)24-10-8-23(9-11-24)17-13-16(21)7-6-15(17)3/h4-7,12-14,19,22H,8-11H2,1-3H3/t19-/m0/s1. The van der Waals surface area contributed by atoms with E-state index >= 15 is 0 Å². The van der Waals surface area contributed by atoms with Gasteiger partial charge >= 0.3 is 0 Å². The van der Waals surface area contributed by atoms with Gasteiger partial charge in [0.2, 0.25) is 5.91 Å². The number of nitrogens with one attached hydrogen (secondary N) is 1. The maximum atomic E-state index is 13.1. The summed E-state index contributed by atoms with van der Waals surface area (Å²) in [6.07, 6.45) is 0. The van der Waals surface area contributed by atoms with Crippen molar-refractivity contribution >= 4 is 44.6 Å². The van der Waals surface area contributed by atoms with Crippen molar-refractivity contribution in [3.05, 3.63) is 46.3 Å². The summed E-state index contributed by atoms with van der Waals surface area (Å²) in [4.78, 5) is 17.1. The Morgan fingerprint density at radius 3 is 2.45 bits per heavy atom. The number of piperazine rings is 1. The molecule has 9 heteroatoms. The third-order valence-corrected chi connectivity index (χ3v) is 8.15. The van der Waals surface area contributed by atoms with E-state index in [0.29, 0.717) is 31.2 Å². The van der Waals surface area contributed by atoms with E-state index in [9.17, 15) is 13.2 Å². The van der Waals surface area contributed by atoms with Crippen molar-refractivity contribution < 1.29 is 13.2 Å². The first-order valence-electron chi connectivity index (χ1n) is 9.55. The van der Waals surface area contributed by atoms with Gasteiger partial charge in [-0.2, -0.15) is 4.72 Å². The normalized spacial score (nSPS) is 16.3. The smallest absolute Gasteiger partial charge is 0.250 e. The Labute approximate surface area is 181 Å². The van der Waals surface area contributed by atoms with Crippen LogP contribution in [0.3, 0.4) is 0 Å². The van der Waals surface area contributed by atoms with Crippen LogP contribution >= 0.6 is 22.9 Å². The molecule has 0 unspecified atom stereocenters. The molecule has 1 aliphatic heterocycles. The zero-order valence-electron chi connectivity index (χ0n) is 16.8. The Kier molecular flexibility index (Phi) is 6.88. The number of nitrogens with zero attached hydrogens (tertiary/aromatic N) is 2. The summed E-state index contributed by atoms with van der Waals surface area (Å²) < 4.78 is 28.1. The summed E-state index contributed by atoms with van der Waals surface area (Å²) >= 11 is 7.28. The number of sulfonamides is 1. The van der Waals surface area contributed by atoms with Crippen LogP contribution in [-0.2, 0) is 14.8 Å². The van der Waals surface area contributed by atoms with Gasteiger partial charge < -0.3 is 9.80 Å². The minimum atomic E-state index is -3.71. The van der Waals surface area contributed by atoms with E-state index in [1.165, 1.54) is 0 Å². The van der Waals surface area contributed by atoms with Crippen molar-refractivity contribution in [2.24, 2.45) is 5.92 Å². The highest BCUT2D eigenvalue weighted by molar-refractivity contribution is 7.91. The Bertz CT molecular complexity index is 953. The molecule has 1 aromatic carbocycles. The average Bonchev–Trinajstić information content (AvgIpc) is 3.23. The first-order chi connectivity index (χ1) is 13.7. The molecular weight excluding hydrogens is 430 g/mol. The molecule has 1 aromatic heterocycles. The van der Waals surface area contributed by atoms with E-state index < -0.39 is 16.1 Å². The molecule has 6 nitrogen and oxygen atoms in total.